The summed E-state index contributed by atoms with van der Waals surface area (Å²) < 4.78 is 0. The number of nitrogens with zero attached hydrogens (tertiary/aromatic N) is 1. The first-order chi connectivity index (χ1) is 10.7. The van der Waals surface area contributed by atoms with Gasteiger partial charge in [-0.1, -0.05) is 19.4 Å². The Morgan fingerprint density at radius 1 is 1.23 bits per heavy atom. The second kappa shape index (κ2) is 5.27. The Balaban J connectivity index is 1.47. The van der Waals surface area contributed by atoms with Gasteiger partial charge in [-0.25, -0.2) is 0 Å². The zero-order valence-corrected chi connectivity index (χ0v) is 12.8. The lowest BCUT2D eigenvalue weighted by Gasteiger charge is -2.51. The Morgan fingerprint density at radius 3 is 2.95 bits per heavy atom. The van der Waals surface area contributed by atoms with Crippen molar-refractivity contribution in [2.24, 2.45) is 23.7 Å². The van der Waals surface area contributed by atoms with Crippen molar-refractivity contribution < 1.29 is 4.79 Å². The number of benzene rings is 1. The Labute approximate surface area is 130 Å². The normalized spacial score (nSPS) is 29.7. The molecule has 3 aliphatic rings. The van der Waals surface area contributed by atoms with E-state index in [1.165, 1.54) is 19.3 Å². The molecule has 4 unspecified atom stereocenters. The number of carbonyl (C=O) groups is 1. The first-order valence-corrected chi connectivity index (χ1v) is 8.13. The number of hydrazine groups is 1. The third-order valence-electron chi connectivity index (χ3n) is 5.54. The monoisotopic (exact) mass is 295 g/mol. The van der Waals surface area contributed by atoms with Crippen molar-refractivity contribution in [2.75, 3.05) is 5.43 Å². The summed E-state index contributed by atoms with van der Waals surface area (Å²) in [5.74, 6) is 2.20. The standard InChI is InChI=1S/C18H21N3O/c1-11-7-8-12-10-14(11)17(12)18(22)21-20-16-6-2-5-15-13(16)4-3-9-19-15/h2-6,9,11-12,14,17,20H,7-8,10H2,1H3,(H,21,22). The summed E-state index contributed by atoms with van der Waals surface area (Å²) >= 11 is 0. The number of rotatable bonds is 3. The predicted molar refractivity (Wildman–Crippen MR) is 87.0 cm³/mol. The smallest absolute Gasteiger partial charge is 0.241 e. The van der Waals surface area contributed by atoms with E-state index in [1.54, 1.807) is 6.20 Å². The van der Waals surface area contributed by atoms with E-state index in [0.29, 0.717) is 17.8 Å². The van der Waals surface area contributed by atoms with Crippen LogP contribution in [0.15, 0.2) is 36.5 Å². The van der Waals surface area contributed by atoms with E-state index < -0.39 is 0 Å². The number of hydrogen-bond donors (Lipinski definition) is 2. The van der Waals surface area contributed by atoms with E-state index in [2.05, 4.69) is 22.8 Å². The molecule has 0 spiro atoms. The highest BCUT2D eigenvalue weighted by Crippen LogP contribution is 2.53. The summed E-state index contributed by atoms with van der Waals surface area (Å²) in [7, 11) is 0. The van der Waals surface area contributed by atoms with Gasteiger partial charge in [-0.3, -0.25) is 20.6 Å². The zero-order chi connectivity index (χ0) is 15.1. The van der Waals surface area contributed by atoms with Gasteiger partial charge in [0, 0.05) is 17.5 Å². The lowest BCUT2D eigenvalue weighted by Crippen LogP contribution is -2.53. The third-order valence-corrected chi connectivity index (χ3v) is 5.54. The second-order valence-electron chi connectivity index (χ2n) is 6.73. The largest absolute Gasteiger partial charge is 0.298 e. The molecule has 0 aliphatic heterocycles. The van der Waals surface area contributed by atoms with Gasteiger partial charge in [0.2, 0.25) is 5.91 Å². The maximum absolute atomic E-state index is 12.5. The van der Waals surface area contributed by atoms with E-state index in [1.807, 2.05) is 30.3 Å². The van der Waals surface area contributed by atoms with Crippen molar-refractivity contribution in [2.45, 2.75) is 26.2 Å². The minimum absolute atomic E-state index is 0.147. The quantitative estimate of drug-likeness (QED) is 0.854. The van der Waals surface area contributed by atoms with Gasteiger partial charge in [-0.05, 0) is 54.9 Å². The minimum atomic E-state index is 0.147. The molecule has 3 saturated carbocycles. The molecule has 2 aromatic rings. The number of nitrogens with one attached hydrogen (secondary N) is 2. The van der Waals surface area contributed by atoms with Gasteiger partial charge in [0.15, 0.2) is 0 Å². The van der Waals surface area contributed by atoms with Gasteiger partial charge >= 0.3 is 0 Å². The number of pyridine rings is 1. The fraction of sp³-hybridized carbons (Fsp3) is 0.444. The van der Waals surface area contributed by atoms with Crippen LogP contribution >= 0.6 is 0 Å². The first kappa shape index (κ1) is 13.6. The summed E-state index contributed by atoms with van der Waals surface area (Å²) in [6.45, 7) is 2.28. The Kier molecular flexibility index (Phi) is 3.25. The molecular formula is C18H21N3O. The van der Waals surface area contributed by atoms with Gasteiger partial charge in [0.05, 0.1) is 11.2 Å². The Morgan fingerprint density at radius 2 is 2.14 bits per heavy atom. The third kappa shape index (κ3) is 2.14. The molecule has 22 heavy (non-hydrogen) atoms. The van der Waals surface area contributed by atoms with Crippen molar-refractivity contribution in [1.29, 1.82) is 0 Å². The lowest BCUT2D eigenvalue weighted by atomic mass is 9.53. The van der Waals surface area contributed by atoms with Crippen LogP contribution in [0, 0.1) is 23.7 Å². The molecule has 1 amide bonds. The fourth-order valence-electron chi connectivity index (χ4n) is 4.20. The molecule has 0 saturated heterocycles. The van der Waals surface area contributed by atoms with Crippen molar-refractivity contribution in [3.05, 3.63) is 36.5 Å². The molecule has 3 aliphatic carbocycles. The molecule has 114 valence electrons. The van der Waals surface area contributed by atoms with Crippen LogP contribution in [0.3, 0.4) is 0 Å². The number of aromatic nitrogens is 1. The minimum Gasteiger partial charge on any atom is -0.298 e. The van der Waals surface area contributed by atoms with Gasteiger partial charge < -0.3 is 0 Å². The number of hydrogen-bond acceptors (Lipinski definition) is 3. The maximum Gasteiger partial charge on any atom is 0.241 e. The topological polar surface area (TPSA) is 54.0 Å². The van der Waals surface area contributed by atoms with Gasteiger partial charge in [-0.15, -0.1) is 0 Å². The summed E-state index contributed by atoms with van der Waals surface area (Å²) in [5.41, 5.74) is 7.85. The maximum atomic E-state index is 12.5. The number of fused-ring (bicyclic) bond motifs is 3. The van der Waals surface area contributed by atoms with Crippen LogP contribution in [0.5, 0.6) is 0 Å². The summed E-state index contributed by atoms with van der Waals surface area (Å²) in [6.07, 6.45) is 5.49. The number of anilines is 1. The molecule has 4 heteroatoms. The SMILES string of the molecule is CC1CCC2CC1C2C(=O)NNc1cccc2ncccc12. The Bertz CT molecular complexity index is 707. The van der Waals surface area contributed by atoms with Gasteiger partial charge in [-0.2, -0.15) is 0 Å². The van der Waals surface area contributed by atoms with E-state index in [4.69, 9.17) is 0 Å². The van der Waals surface area contributed by atoms with Crippen LogP contribution in [-0.2, 0) is 4.79 Å². The van der Waals surface area contributed by atoms with Crippen LogP contribution in [0.4, 0.5) is 5.69 Å². The number of carbonyl (C=O) groups excluding carboxylic acids is 1. The zero-order valence-electron chi connectivity index (χ0n) is 12.8. The van der Waals surface area contributed by atoms with Crippen LogP contribution in [0.25, 0.3) is 10.9 Å². The van der Waals surface area contributed by atoms with Crippen LogP contribution < -0.4 is 10.9 Å². The highest BCUT2D eigenvalue weighted by molar-refractivity contribution is 5.92. The van der Waals surface area contributed by atoms with E-state index in [0.717, 1.165) is 16.6 Å². The van der Waals surface area contributed by atoms with Crippen LogP contribution in [0.2, 0.25) is 0 Å². The molecule has 5 rings (SSSR count). The van der Waals surface area contributed by atoms with Crippen molar-refractivity contribution >= 4 is 22.5 Å². The summed E-state index contributed by atoms with van der Waals surface area (Å²) in [5, 5.41) is 1.02. The van der Waals surface area contributed by atoms with E-state index in [-0.39, 0.29) is 11.8 Å². The first-order valence-electron chi connectivity index (χ1n) is 8.13. The molecule has 0 radical (unpaired) electrons. The highest BCUT2D eigenvalue weighted by Gasteiger charge is 2.50. The molecule has 1 aromatic carbocycles. The van der Waals surface area contributed by atoms with Crippen LogP contribution in [-0.4, -0.2) is 10.9 Å². The average molecular weight is 295 g/mol. The molecule has 3 fully saturated rings. The van der Waals surface area contributed by atoms with Crippen LogP contribution in [0.1, 0.15) is 26.2 Å². The molecule has 4 nitrogen and oxygen atoms in total. The average Bonchev–Trinajstić information content (AvgIpc) is 2.52. The molecule has 2 bridgehead atoms. The summed E-state index contributed by atoms with van der Waals surface area (Å²) in [4.78, 5) is 16.8. The highest BCUT2D eigenvalue weighted by atomic mass is 16.2. The molecular weight excluding hydrogens is 274 g/mol. The Hall–Kier alpha value is -2.10. The molecule has 1 heterocycles. The predicted octanol–water partition coefficient (Wildman–Crippen LogP) is 3.36. The van der Waals surface area contributed by atoms with E-state index in [9.17, 15) is 4.79 Å². The van der Waals surface area contributed by atoms with Gasteiger partial charge in [0.1, 0.15) is 0 Å². The van der Waals surface area contributed by atoms with Gasteiger partial charge in [0.25, 0.3) is 0 Å². The lowest BCUT2D eigenvalue weighted by molar-refractivity contribution is -0.140. The van der Waals surface area contributed by atoms with E-state index >= 15 is 0 Å². The second-order valence-corrected chi connectivity index (χ2v) is 6.73. The van der Waals surface area contributed by atoms with Crippen molar-refractivity contribution in [3.63, 3.8) is 0 Å². The van der Waals surface area contributed by atoms with Crippen molar-refractivity contribution in [3.8, 4) is 0 Å². The molecule has 4 atom stereocenters. The molecule has 1 aromatic heterocycles. The fourth-order valence-corrected chi connectivity index (χ4v) is 4.20. The molecule has 2 N–H and O–H groups in total. The van der Waals surface area contributed by atoms with Crippen molar-refractivity contribution in [1.82, 2.24) is 10.4 Å². The number of amides is 1. The summed E-state index contributed by atoms with van der Waals surface area (Å²) in [6, 6.07) is 9.81.